The van der Waals surface area contributed by atoms with Crippen molar-refractivity contribution in [1.82, 2.24) is 10.6 Å². The van der Waals surface area contributed by atoms with E-state index in [0.717, 1.165) is 11.1 Å². The molecule has 2 aromatic carbocycles. The highest BCUT2D eigenvalue weighted by molar-refractivity contribution is 14.0. The van der Waals surface area contributed by atoms with E-state index in [9.17, 15) is 4.39 Å². The first-order chi connectivity index (χ1) is 11.9. The van der Waals surface area contributed by atoms with E-state index >= 15 is 0 Å². The lowest BCUT2D eigenvalue weighted by atomic mass is 10.1. The first kappa shape index (κ1) is 23.0. The Bertz CT molecular complexity index is 774. The fraction of sp³-hybridized carbons (Fsp3) is 0.278. The monoisotopic (exact) mass is 511 g/mol. The summed E-state index contributed by atoms with van der Waals surface area (Å²) < 4.78 is 13.4. The highest BCUT2D eigenvalue weighted by Crippen LogP contribution is 2.26. The van der Waals surface area contributed by atoms with Crippen LogP contribution >= 0.6 is 47.2 Å². The molecule has 0 spiro atoms. The van der Waals surface area contributed by atoms with Gasteiger partial charge in [0, 0.05) is 29.2 Å². The second kappa shape index (κ2) is 10.9. The molecular weight excluding hydrogens is 491 g/mol. The molecular formula is C18H21Cl2FIN3O. The van der Waals surface area contributed by atoms with Gasteiger partial charge in [0.2, 0.25) is 0 Å². The molecule has 0 amide bonds. The van der Waals surface area contributed by atoms with Gasteiger partial charge in [-0.3, -0.25) is 4.99 Å². The Hall–Kier alpha value is -1.09. The zero-order valence-electron chi connectivity index (χ0n) is 14.4. The van der Waals surface area contributed by atoms with E-state index in [-0.39, 0.29) is 42.2 Å². The summed E-state index contributed by atoms with van der Waals surface area (Å²) in [7, 11) is 1.66. The molecule has 0 saturated carbocycles. The minimum atomic E-state index is -0.417. The van der Waals surface area contributed by atoms with Gasteiger partial charge < -0.3 is 15.7 Å². The summed E-state index contributed by atoms with van der Waals surface area (Å²) in [4.78, 5) is 4.18. The number of aliphatic hydroxyl groups is 1. The topological polar surface area (TPSA) is 56.7 Å². The molecule has 1 unspecified atom stereocenters. The molecule has 0 aliphatic heterocycles. The molecule has 8 heteroatoms. The molecule has 0 aliphatic carbocycles. The van der Waals surface area contributed by atoms with Crippen molar-refractivity contribution in [3.05, 3.63) is 69.0 Å². The van der Waals surface area contributed by atoms with Crippen LogP contribution in [0.15, 0.2) is 41.4 Å². The van der Waals surface area contributed by atoms with Gasteiger partial charge in [-0.25, -0.2) is 4.39 Å². The molecule has 4 nitrogen and oxygen atoms in total. The highest BCUT2D eigenvalue weighted by atomic mass is 127. The summed E-state index contributed by atoms with van der Waals surface area (Å²) >= 11 is 12.2. The average molecular weight is 512 g/mol. The van der Waals surface area contributed by atoms with E-state index in [4.69, 9.17) is 28.3 Å². The molecule has 0 aliphatic rings. The molecule has 2 rings (SSSR count). The van der Waals surface area contributed by atoms with Crippen molar-refractivity contribution < 1.29 is 9.50 Å². The van der Waals surface area contributed by atoms with E-state index in [1.54, 1.807) is 31.3 Å². The quantitative estimate of drug-likeness (QED) is 0.310. The van der Waals surface area contributed by atoms with Gasteiger partial charge in [0.05, 0.1) is 12.6 Å². The Morgan fingerprint density at radius 1 is 1.23 bits per heavy atom. The maximum atomic E-state index is 13.4. The average Bonchev–Trinajstić information content (AvgIpc) is 2.59. The standard InChI is InChI=1S/C18H20Cl2FN3O.HI/c1-11(15-5-4-14(19)8-16(15)20)24-18(22-2)23-9-12-3-6-17(21)13(7-12)10-25;/h3-8,11,25H,9-10H2,1-2H3,(H2,22,23,24);1H. The number of rotatable bonds is 5. The largest absolute Gasteiger partial charge is 0.392 e. The van der Waals surface area contributed by atoms with Crippen LogP contribution in [0.5, 0.6) is 0 Å². The molecule has 0 heterocycles. The van der Waals surface area contributed by atoms with Crippen molar-refractivity contribution >= 4 is 53.1 Å². The van der Waals surface area contributed by atoms with E-state index in [0.29, 0.717) is 22.5 Å². The third-order valence-electron chi connectivity index (χ3n) is 3.75. The van der Waals surface area contributed by atoms with Crippen molar-refractivity contribution in [3.8, 4) is 0 Å². The number of nitrogens with one attached hydrogen (secondary N) is 2. The molecule has 3 N–H and O–H groups in total. The van der Waals surface area contributed by atoms with Gasteiger partial charge in [0.1, 0.15) is 5.82 Å². The zero-order valence-corrected chi connectivity index (χ0v) is 18.2. The van der Waals surface area contributed by atoms with Crippen molar-refractivity contribution in [1.29, 1.82) is 0 Å². The Morgan fingerprint density at radius 3 is 2.58 bits per heavy atom. The minimum absolute atomic E-state index is 0. The molecule has 0 bridgehead atoms. The molecule has 2 aromatic rings. The predicted molar refractivity (Wildman–Crippen MR) is 116 cm³/mol. The number of aliphatic hydroxyl groups excluding tert-OH is 1. The Kier molecular flexibility index (Phi) is 9.63. The van der Waals surface area contributed by atoms with E-state index in [2.05, 4.69) is 15.6 Å². The summed E-state index contributed by atoms with van der Waals surface area (Å²) in [6, 6.07) is 9.88. The molecule has 0 radical (unpaired) electrons. The molecule has 1 atom stereocenters. The summed E-state index contributed by atoms with van der Waals surface area (Å²) in [5, 5.41) is 16.7. The molecule has 0 fully saturated rings. The van der Waals surface area contributed by atoms with Crippen LogP contribution in [0, 0.1) is 5.82 Å². The normalized spacial score (nSPS) is 12.3. The van der Waals surface area contributed by atoms with Gasteiger partial charge in [-0.05, 0) is 42.3 Å². The van der Waals surface area contributed by atoms with Crippen LogP contribution in [0.25, 0.3) is 0 Å². The Morgan fingerprint density at radius 2 is 1.96 bits per heavy atom. The van der Waals surface area contributed by atoms with Crippen LogP contribution in [-0.4, -0.2) is 18.1 Å². The molecule has 0 saturated heterocycles. The highest BCUT2D eigenvalue weighted by Gasteiger charge is 2.12. The minimum Gasteiger partial charge on any atom is -0.392 e. The number of benzene rings is 2. The fourth-order valence-corrected chi connectivity index (χ4v) is 2.95. The SMILES string of the molecule is CN=C(NCc1ccc(F)c(CO)c1)NC(C)c1ccc(Cl)cc1Cl.I. The third kappa shape index (κ3) is 6.26. The number of aliphatic imine (C=N–C) groups is 1. The van der Waals surface area contributed by atoms with Crippen molar-refractivity contribution in [2.24, 2.45) is 4.99 Å². The lowest BCUT2D eigenvalue weighted by Gasteiger charge is -2.19. The molecule has 26 heavy (non-hydrogen) atoms. The van der Waals surface area contributed by atoms with E-state index in [1.807, 2.05) is 13.0 Å². The summed E-state index contributed by atoms with van der Waals surface area (Å²) in [5.74, 6) is 0.160. The number of nitrogens with zero attached hydrogens (tertiary/aromatic N) is 1. The number of hydrogen-bond donors (Lipinski definition) is 3. The van der Waals surface area contributed by atoms with Crippen molar-refractivity contribution in [3.63, 3.8) is 0 Å². The summed E-state index contributed by atoms with van der Waals surface area (Å²) in [6.45, 7) is 2.07. The first-order valence-electron chi connectivity index (χ1n) is 7.75. The van der Waals surface area contributed by atoms with Crippen LogP contribution in [-0.2, 0) is 13.2 Å². The van der Waals surface area contributed by atoms with Gasteiger partial charge >= 0.3 is 0 Å². The van der Waals surface area contributed by atoms with Gasteiger partial charge in [0.15, 0.2) is 5.96 Å². The van der Waals surface area contributed by atoms with Crippen LogP contribution in [0.2, 0.25) is 10.0 Å². The van der Waals surface area contributed by atoms with E-state index < -0.39 is 5.82 Å². The van der Waals surface area contributed by atoms with Crippen LogP contribution < -0.4 is 10.6 Å². The van der Waals surface area contributed by atoms with Crippen molar-refractivity contribution in [2.45, 2.75) is 26.1 Å². The van der Waals surface area contributed by atoms with Crippen LogP contribution in [0.4, 0.5) is 4.39 Å². The third-order valence-corrected chi connectivity index (χ3v) is 4.31. The van der Waals surface area contributed by atoms with Crippen molar-refractivity contribution in [2.75, 3.05) is 7.05 Å². The first-order valence-corrected chi connectivity index (χ1v) is 8.50. The number of guanidine groups is 1. The lowest BCUT2D eigenvalue weighted by Crippen LogP contribution is -2.38. The molecule has 142 valence electrons. The zero-order chi connectivity index (χ0) is 18.4. The summed E-state index contributed by atoms with van der Waals surface area (Å²) in [6.07, 6.45) is 0. The van der Waals surface area contributed by atoms with Gasteiger partial charge in [0.25, 0.3) is 0 Å². The van der Waals surface area contributed by atoms with Gasteiger partial charge in [-0.2, -0.15) is 0 Å². The summed E-state index contributed by atoms with van der Waals surface area (Å²) in [5.41, 5.74) is 2.01. The lowest BCUT2D eigenvalue weighted by molar-refractivity contribution is 0.275. The maximum Gasteiger partial charge on any atom is 0.191 e. The second-order valence-corrected chi connectivity index (χ2v) is 6.39. The number of halogens is 4. The fourth-order valence-electron chi connectivity index (χ4n) is 2.38. The Labute approximate surface area is 179 Å². The predicted octanol–water partition coefficient (Wildman–Crippen LogP) is 4.67. The van der Waals surface area contributed by atoms with Crippen LogP contribution in [0.3, 0.4) is 0 Å². The smallest absolute Gasteiger partial charge is 0.191 e. The second-order valence-electron chi connectivity index (χ2n) is 5.54. The molecule has 0 aromatic heterocycles. The Balaban J connectivity index is 0.00000338. The maximum absolute atomic E-state index is 13.4. The van der Waals surface area contributed by atoms with Crippen LogP contribution in [0.1, 0.15) is 29.7 Å². The number of hydrogen-bond acceptors (Lipinski definition) is 2. The van der Waals surface area contributed by atoms with E-state index in [1.165, 1.54) is 6.07 Å². The van der Waals surface area contributed by atoms with Gasteiger partial charge in [-0.15, -0.1) is 24.0 Å². The van der Waals surface area contributed by atoms with Gasteiger partial charge in [-0.1, -0.05) is 35.3 Å².